The Labute approximate surface area is 338 Å². The van der Waals surface area contributed by atoms with E-state index in [1.54, 1.807) is 0 Å². The van der Waals surface area contributed by atoms with Crippen LogP contribution in [0.5, 0.6) is 0 Å². The number of anilines is 9. The number of nitrogens with zero attached hydrogens (tertiary/aromatic N) is 3. The van der Waals surface area contributed by atoms with E-state index in [0.717, 1.165) is 84.3 Å². The van der Waals surface area contributed by atoms with Crippen LogP contribution < -0.4 is 14.7 Å². The van der Waals surface area contributed by atoms with E-state index in [1.807, 2.05) is 0 Å². The molecule has 0 N–H and O–H groups in total. The quantitative estimate of drug-likeness (QED) is 0.139. The van der Waals surface area contributed by atoms with Crippen LogP contribution in [0, 0.1) is 0 Å². The molecule has 0 aliphatic carbocycles. The lowest BCUT2D eigenvalue weighted by atomic mass is 10.0. The maximum Gasteiger partial charge on any atom is 0.159 e. The summed E-state index contributed by atoms with van der Waals surface area (Å²) in [7, 11) is 0. The summed E-state index contributed by atoms with van der Waals surface area (Å²) in [6.45, 7) is 0. The fourth-order valence-electron chi connectivity index (χ4n) is 7.91. The lowest BCUT2D eigenvalue weighted by Gasteiger charge is -2.29. The first-order valence-electron chi connectivity index (χ1n) is 19.6. The first-order valence-corrected chi connectivity index (χ1v) is 19.6. The van der Waals surface area contributed by atoms with Crippen LogP contribution in [0.4, 0.5) is 51.2 Å². The molecule has 0 radical (unpaired) electrons. The number of rotatable bonds is 10. The van der Waals surface area contributed by atoms with Crippen molar-refractivity contribution in [1.82, 2.24) is 0 Å². The molecule has 58 heavy (non-hydrogen) atoms. The topological polar surface area (TPSA) is 22.9 Å². The minimum Gasteiger partial charge on any atom is -0.454 e. The Balaban J connectivity index is 1.16. The third-order valence-electron chi connectivity index (χ3n) is 10.6. The van der Waals surface area contributed by atoms with Gasteiger partial charge in [0.25, 0.3) is 0 Å². The Morgan fingerprint density at radius 3 is 1.05 bits per heavy atom. The van der Waals surface area contributed by atoms with Crippen LogP contribution >= 0.6 is 0 Å². The summed E-state index contributed by atoms with van der Waals surface area (Å²) < 4.78 is 6.93. The first kappa shape index (κ1) is 34.7. The van der Waals surface area contributed by atoms with Crippen LogP contribution in [0.2, 0.25) is 0 Å². The van der Waals surface area contributed by atoms with Crippen LogP contribution in [-0.4, -0.2) is 0 Å². The van der Waals surface area contributed by atoms with Gasteiger partial charge in [0, 0.05) is 56.3 Å². The normalized spacial score (nSPS) is 11.1. The highest BCUT2D eigenvalue weighted by Crippen LogP contribution is 2.47. The molecule has 9 aromatic carbocycles. The van der Waals surface area contributed by atoms with E-state index in [0.29, 0.717) is 0 Å². The molecule has 0 bridgehead atoms. The zero-order chi connectivity index (χ0) is 38.7. The Kier molecular flexibility index (Phi) is 9.18. The highest BCUT2D eigenvalue weighted by Gasteiger charge is 2.24. The maximum absolute atomic E-state index is 6.93. The number of fused-ring (bicyclic) bond motifs is 3. The van der Waals surface area contributed by atoms with Gasteiger partial charge in [0.15, 0.2) is 5.58 Å². The molecule has 10 aromatic rings. The fraction of sp³-hybridized carbons (Fsp3) is 0. The van der Waals surface area contributed by atoms with Gasteiger partial charge in [-0.3, -0.25) is 0 Å². The molecule has 0 saturated carbocycles. The molecule has 1 heterocycles. The average molecular weight is 746 g/mol. The Morgan fingerprint density at radius 1 is 0.259 bits per heavy atom. The number of hydrogen-bond donors (Lipinski definition) is 0. The van der Waals surface area contributed by atoms with Crippen molar-refractivity contribution in [3.63, 3.8) is 0 Å². The van der Waals surface area contributed by atoms with Crippen molar-refractivity contribution in [2.75, 3.05) is 14.7 Å². The van der Waals surface area contributed by atoms with E-state index < -0.39 is 0 Å². The van der Waals surface area contributed by atoms with Crippen LogP contribution in [0.1, 0.15) is 0 Å². The second-order valence-corrected chi connectivity index (χ2v) is 14.2. The van der Waals surface area contributed by atoms with E-state index in [4.69, 9.17) is 4.42 Å². The summed E-state index contributed by atoms with van der Waals surface area (Å²) in [6.07, 6.45) is 0. The second kappa shape index (κ2) is 15.4. The number of furan rings is 1. The Morgan fingerprint density at radius 2 is 0.621 bits per heavy atom. The van der Waals surface area contributed by atoms with Gasteiger partial charge in [0.1, 0.15) is 5.58 Å². The van der Waals surface area contributed by atoms with Gasteiger partial charge in [-0.15, -0.1) is 0 Å². The van der Waals surface area contributed by atoms with Gasteiger partial charge in [-0.1, -0.05) is 127 Å². The summed E-state index contributed by atoms with van der Waals surface area (Å²) >= 11 is 0. The molecule has 1 aromatic heterocycles. The minimum atomic E-state index is 0.821. The highest BCUT2D eigenvalue weighted by atomic mass is 16.3. The van der Waals surface area contributed by atoms with E-state index in [-0.39, 0.29) is 0 Å². The molecule has 0 saturated heterocycles. The third-order valence-corrected chi connectivity index (χ3v) is 10.6. The van der Waals surface area contributed by atoms with Gasteiger partial charge in [-0.05, 0) is 120 Å². The largest absolute Gasteiger partial charge is 0.454 e. The standard InChI is InChI=1S/C54H39N3O/c1-7-19-42(20-8-1)55(43-21-9-2-10-22-43)48-34-31-40(32-35-48)41-33-36-53-50(37-41)51-38-49(56(44-23-11-3-12-24-44)45-25-13-4-14-26-45)39-52(54(51)58-53)57(46-27-15-5-16-28-46)47-29-17-6-18-30-47/h1-39H. The molecule has 0 aliphatic rings. The summed E-state index contributed by atoms with van der Waals surface area (Å²) in [5, 5.41) is 2.09. The third kappa shape index (κ3) is 6.63. The molecule has 0 spiro atoms. The number of para-hydroxylation sites is 6. The molecule has 0 amide bonds. The summed E-state index contributed by atoms with van der Waals surface area (Å²) in [6, 6.07) is 83.2. The van der Waals surface area contributed by atoms with Crippen molar-refractivity contribution >= 4 is 73.1 Å². The Hall–Kier alpha value is -7.82. The fourth-order valence-corrected chi connectivity index (χ4v) is 7.91. The lowest BCUT2D eigenvalue weighted by Crippen LogP contribution is -2.13. The molecule has 10 rings (SSSR count). The maximum atomic E-state index is 6.93. The van der Waals surface area contributed by atoms with E-state index >= 15 is 0 Å². The van der Waals surface area contributed by atoms with Crippen molar-refractivity contribution < 1.29 is 4.42 Å². The van der Waals surface area contributed by atoms with Gasteiger partial charge in [0.2, 0.25) is 0 Å². The minimum absolute atomic E-state index is 0.821. The lowest BCUT2D eigenvalue weighted by molar-refractivity contribution is 0.669. The molecule has 276 valence electrons. The average Bonchev–Trinajstić information content (AvgIpc) is 3.67. The van der Waals surface area contributed by atoms with Crippen molar-refractivity contribution in [2.24, 2.45) is 0 Å². The summed E-state index contributed by atoms with van der Waals surface area (Å²) in [5.74, 6) is 0. The van der Waals surface area contributed by atoms with Crippen molar-refractivity contribution in [1.29, 1.82) is 0 Å². The van der Waals surface area contributed by atoms with Crippen LogP contribution in [0.15, 0.2) is 241 Å². The summed E-state index contributed by atoms with van der Waals surface area (Å²) in [5.41, 5.74) is 13.4. The molecule has 0 unspecified atom stereocenters. The molecule has 4 nitrogen and oxygen atoms in total. The molecular formula is C54H39N3O. The van der Waals surface area contributed by atoms with E-state index in [1.165, 1.54) is 0 Å². The number of benzene rings is 9. The second-order valence-electron chi connectivity index (χ2n) is 14.2. The van der Waals surface area contributed by atoms with Gasteiger partial charge >= 0.3 is 0 Å². The summed E-state index contributed by atoms with van der Waals surface area (Å²) in [4.78, 5) is 6.91. The molecular weight excluding hydrogens is 707 g/mol. The highest BCUT2D eigenvalue weighted by molar-refractivity contribution is 6.13. The number of hydrogen-bond acceptors (Lipinski definition) is 4. The predicted octanol–water partition coefficient (Wildman–Crippen LogP) is 15.7. The van der Waals surface area contributed by atoms with Gasteiger partial charge < -0.3 is 19.1 Å². The van der Waals surface area contributed by atoms with Crippen LogP contribution in [0.3, 0.4) is 0 Å². The van der Waals surface area contributed by atoms with Gasteiger partial charge in [0.05, 0.1) is 5.69 Å². The van der Waals surface area contributed by atoms with Crippen molar-refractivity contribution in [2.45, 2.75) is 0 Å². The first-order chi connectivity index (χ1) is 28.8. The molecule has 0 aliphatic heterocycles. The molecule has 0 atom stereocenters. The monoisotopic (exact) mass is 745 g/mol. The molecule has 4 heteroatoms. The zero-order valence-electron chi connectivity index (χ0n) is 31.8. The predicted molar refractivity (Wildman–Crippen MR) is 243 cm³/mol. The van der Waals surface area contributed by atoms with E-state index in [2.05, 4.69) is 251 Å². The van der Waals surface area contributed by atoms with Gasteiger partial charge in [-0.2, -0.15) is 0 Å². The Bertz CT molecular complexity index is 2800. The van der Waals surface area contributed by atoms with Crippen molar-refractivity contribution in [3.05, 3.63) is 237 Å². The van der Waals surface area contributed by atoms with Crippen LogP contribution in [0.25, 0.3) is 33.1 Å². The van der Waals surface area contributed by atoms with E-state index in [9.17, 15) is 0 Å². The SMILES string of the molecule is c1ccc(N(c2ccccc2)c2ccc(-c3ccc4oc5c(N(c6ccccc6)c6ccccc6)cc(N(c6ccccc6)c6ccccc6)cc5c4c3)cc2)cc1. The zero-order valence-corrected chi connectivity index (χ0v) is 31.8. The van der Waals surface area contributed by atoms with Gasteiger partial charge in [-0.25, -0.2) is 0 Å². The smallest absolute Gasteiger partial charge is 0.159 e. The van der Waals surface area contributed by atoms with Crippen molar-refractivity contribution in [3.8, 4) is 11.1 Å². The van der Waals surface area contributed by atoms with Crippen LogP contribution in [-0.2, 0) is 0 Å². The molecule has 0 fully saturated rings.